The van der Waals surface area contributed by atoms with Crippen LogP contribution >= 0.6 is 30.0 Å². The number of nitrogens with two attached hydrogens (primary N) is 1. The maximum atomic E-state index is 7.07. The van der Waals surface area contributed by atoms with Crippen LogP contribution in [0, 0.1) is 5.41 Å². The summed E-state index contributed by atoms with van der Waals surface area (Å²) >= 11 is 0. The molecule has 29 heavy (non-hydrogen) atoms. The summed E-state index contributed by atoms with van der Waals surface area (Å²) < 4.78 is 22.2. The lowest BCUT2D eigenvalue weighted by Gasteiger charge is -2.45. The van der Waals surface area contributed by atoms with E-state index in [0.29, 0.717) is 36.7 Å². The van der Waals surface area contributed by atoms with Crippen molar-refractivity contribution < 1.29 is 14.0 Å². The van der Waals surface area contributed by atoms with Gasteiger partial charge in [0.05, 0.1) is 0 Å². The van der Waals surface area contributed by atoms with Crippen LogP contribution in [-0.4, -0.2) is 71.3 Å². The Morgan fingerprint density at radius 2 is 1.41 bits per heavy atom. The number of nitrogens with one attached hydrogen (secondary N) is 2. The Kier molecular flexibility index (Phi) is 17.0. The minimum Gasteiger partial charge on any atom is -0.370 e. The summed E-state index contributed by atoms with van der Waals surface area (Å²) in [7, 11) is 2.33. The third-order valence-electron chi connectivity index (χ3n) is 3.65. The highest BCUT2D eigenvalue weighted by Gasteiger charge is 2.34. The Hall–Kier alpha value is 0.200. The van der Waals surface area contributed by atoms with E-state index < -0.39 is 8.45 Å². The SMILES string of the molecule is CC(C)N(C(C)C)P(OCOCOCSSCCNC(=N)N)N(C(C)C)C(C)C. The molecule has 0 aliphatic heterocycles. The first-order chi connectivity index (χ1) is 13.6. The fourth-order valence-corrected chi connectivity index (χ4v) is 6.57. The topological polar surface area (TPSA) is 96.1 Å². The number of ether oxygens (including phenoxy) is 2. The standard InChI is InChI=1S/C18H42N5O3PS2/c1-14(2)22(15(3)4)27(23(16(5)6)17(7)8)26-12-24-11-25-13-29-28-10-9-21-18(19)20/h14-17H,9-13H2,1-8H3,(H4,19,20,21). The molecule has 0 aromatic heterocycles. The molecule has 0 rings (SSSR count). The maximum Gasteiger partial charge on any atom is 0.191 e. The molecule has 0 amide bonds. The normalized spacial score (nSPS) is 12.5. The van der Waals surface area contributed by atoms with E-state index in [1.807, 2.05) is 0 Å². The van der Waals surface area contributed by atoms with Crippen molar-refractivity contribution in [3.63, 3.8) is 0 Å². The first-order valence-electron chi connectivity index (χ1n) is 10.1. The van der Waals surface area contributed by atoms with E-state index in [4.69, 9.17) is 25.1 Å². The summed E-state index contributed by atoms with van der Waals surface area (Å²) in [4.78, 5) is 0. The van der Waals surface area contributed by atoms with E-state index >= 15 is 0 Å². The zero-order valence-electron chi connectivity index (χ0n) is 19.3. The number of rotatable bonds is 17. The number of nitrogens with zero attached hydrogens (tertiary/aromatic N) is 2. The first-order valence-corrected chi connectivity index (χ1v) is 13.7. The van der Waals surface area contributed by atoms with E-state index in [0.717, 1.165) is 5.75 Å². The quantitative estimate of drug-likeness (QED) is 0.0719. The molecule has 0 aromatic rings. The largest absolute Gasteiger partial charge is 0.370 e. The highest BCUT2D eigenvalue weighted by atomic mass is 33.1. The molecule has 0 atom stereocenters. The molecule has 0 spiro atoms. The average molecular weight is 472 g/mol. The van der Waals surface area contributed by atoms with Gasteiger partial charge in [0.2, 0.25) is 0 Å². The molecule has 0 aromatic carbocycles. The predicted molar refractivity (Wildman–Crippen MR) is 129 cm³/mol. The van der Waals surface area contributed by atoms with Gasteiger partial charge in [-0.25, -0.2) is 9.34 Å². The van der Waals surface area contributed by atoms with Crippen LogP contribution in [0.4, 0.5) is 0 Å². The monoisotopic (exact) mass is 471 g/mol. The fraction of sp³-hybridized carbons (Fsp3) is 0.944. The molecule has 174 valence electrons. The first kappa shape index (κ1) is 29.2. The zero-order valence-corrected chi connectivity index (χ0v) is 21.8. The second-order valence-corrected chi connectivity index (χ2v) is 11.8. The van der Waals surface area contributed by atoms with Crippen molar-refractivity contribution in [2.75, 3.05) is 31.8 Å². The Bertz CT molecular complexity index is 398. The number of hydrogen-bond acceptors (Lipinski definition) is 8. The van der Waals surface area contributed by atoms with Crippen molar-refractivity contribution in [1.29, 1.82) is 5.41 Å². The summed E-state index contributed by atoms with van der Waals surface area (Å²) in [6.07, 6.45) is 0. The molecule has 0 saturated heterocycles. The number of guanidine groups is 1. The Labute approximate surface area is 187 Å². The van der Waals surface area contributed by atoms with E-state index in [1.165, 1.54) is 0 Å². The summed E-state index contributed by atoms with van der Waals surface area (Å²) in [6.45, 7) is 18.8. The zero-order chi connectivity index (χ0) is 22.4. The predicted octanol–water partition coefficient (Wildman–Crippen LogP) is 4.24. The summed E-state index contributed by atoms with van der Waals surface area (Å²) in [5.41, 5.74) is 5.22. The van der Waals surface area contributed by atoms with Crippen LogP contribution in [-0.2, 0) is 14.0 Å². The van der Waals surface area contributed by atoms with E-state index in [-0.39, 0.29) is 19.5 Å². The van der Waals surface area contributed by atoms with Gasteiger partial charge in [0.15, 0.2) is 28.0 Å². The molecule has 0 unspecified atom stereocenters. The third kappa shape index (κ3) is 13.3. The number of hydrogen-bond donors (Lipinski definition) is 3. The molecule has 0 aliphatic carbocycles. The highest BCUT2D eigenvalue weighted by molar-refractivity contribution is 8.76. The Morgan fingerprint density at radius 3 is 1.86 bits per heavy atom. The molecule has 0 radical (unpaired) electrons. The smallest absolute Gasteiger partial charge is 0.191 e. The lowest BCUT2D eigenvalue weighted by molar-refractivity contribution is -0.0891. The van der Waals surface area contributed by atoms with Crippen molar-refractivity contribution in [1.82, 2.24) is 14.7 Å². The van der Waals surface area contributed by atoms with E-state index in [2.05, 4.69) is 70.0 Å². The molecule has 0 heterocycles. The Morgan fingerprint density at radius 1 is 0.897 bits per heavy atom. The molecular weight excluding hydrogens is 429 g/mol. The van der Waals surface area contributed by atoms with Crippen LogP contribution in [0.2, 0.25) is 0 Å². The van der Waals surface area contributed by atoms with Gasteiger partial charge in [0, 0.05) is 36.5 Å². The van der Waals surface area contributed by atoms with Crippen molar-refractivity contribution in [3.05, 3.63) is 0 Å². The lowest BCUT2D eigenvalue weighted by atomic mass is 10.3. The van der Waals surface area contributed by atoms with Gasteiger partial charge in [0.1, 0.15) is 5.94 Å². The van der Waals surface area contributed by atoms with Crippen molar-refractivity contribution in [2.24, 2.45) is 5.73 Å². The second kappa shape index (κ2) is 16.8. The minimum absolute atomic E-state index is 0.00205. The van der Waals surface area contributed by atoms with Gasteiger partial charge in [-0.15, -0.1) is 0 Å². The van der Waals surface area contributed by atoms with Crippen LogP contribution in [0.1, 0.15) is 55.4 Å². The molecule has 0 saturated carbocycles. The van der Waals surface area contributed by atoms with E-state index in [1.54, 1.807) is 21.6 Å². The molecule has 4 N–H and O–H groups in total. The molecule has 0 fully saturated rings. The van der Waals surface area contributed by atoms with Crippen LogP contribution in [0.5, 0.6) is 0 Å². The van der Waals surface area contributed by atoms with Crippen LogP contribution in [0.3, 0.4) is 0 Å². The summed E-state index contributed by atoms with van der Waals surface area (Å²) in [5, 5.41) is 9.84. The van der Waals surface area contributed by atoms with Gasteiger partial charge in [-0.05, 0) is 55.4 Å². The molecule has 0 aliphatic rings. The summed E-state index contributed by atoms with van der Waals surface area (Å²) in [6, 6.07) is 1.51. The molecule has 11 heteroatoms. The van der Waals surface area contributed by atoms with Crippen molar-refractivity contribution in [3.8, 4) is 0 Å². The van der Waals surface area contributed by atoms with Gasteiger partial charge >= 0.3 is 0 Å². The second-order valence-electron chi connectivity index (χ2n) is 7.56. The van der Waals surface area contributed by atoms with E-state index in [9.17, 15) is 0 Å². The van der Waals surface area contributed by atoms with Gasteiger partial charge in [-0.1, -0.05) is 21.6 Å². The van der Waals surface area contributed by atoms with Gasteiger partial charge in [-0.2, -0.15) is 0 Å². The van der Waals surface area contributed by atoms with Crippen molar-refractivity contribution in [2.45, 2.75) is 79.6 Å². The van der Waals surface area contributed by atoms with Crippen molar-refractivity contribution >= 4 is 36.0 Å². The van der Waals surface area contributed by atoms with Gasteiger partial charge < -0.3 is 25.0 Å². The third-order valence-corrected chi connectivity index (χ3v) is 8.71. The fourth-order valence-electron chi connectivity index (χ4n) is 2.80. The van der Waals surface area contributed by atoms with Gasteiger partial charge in [0.25, 0.3) is 0 Å². The summed E-state index contributed by atoms with van der Waals surface area (Å²) in [5.74, 6) is 1.39. The van der Waals surface area contributed by atoms with Crippen LogP contribution < -0.4 is 11.1 Å². The minimum atomic E-state index is -0.943. The van der Waals surface area contributed by atoms with Crippen LogP contribution in [0.25, 0.3) is 0 Å². The van der Waals surface area contributed by atoms with Gasteiger partial charge in [-0.3, -0.25) is 5.41 Å². The molecular formula is C18H42N5O3PS2. The lowest BCUT2D eigenvalue weighted by Crippen LogP contribution is -2.43. The molecule has 0 bridgehead atoms. The Balaban J connectivity index is 4.35. The molecule has 8 nitrogen and oxygen atoms in total. The highest BCUT2D eigenvalue weighted by Crippen LogP contribution is 2.50. The maximum absolute atomic E-state index is 7.07. The average Bonchev–Trinajstić information content (AvgIpc) is 2.57. The van der Waals surface area contributed by atoms with Crippen LogP contribution in [0.15, 0.2) is 0 Å².